The molecule has 20 heavy (non-hydrogen) atoms. The molecule has 0 unspecified atom stereocenters. The van der Waals surface area contributed by atoms with Gasteiger partial charge in [-0.1, -0.05) is 28.1 Å². The highest BCUT2D eigenvalue weighted by molar-refractivity contribution is 9.10. The van der Waals surface area contributed by atoms with Gasteiger partial charge in [-0.15, -0.1) is 0 Å². The van der Waals surface area contributed by atoms with E-state index in [1.54, 1.807) is 0 Å². The summed E-state index contributed by atoms with van der Waals surface area (Å²) in [7, 11) is 0. The largest absolute Gasteiger partial charge is 0.508 e. The Morgan fingerprint density at radius 2 is 1.55 bits per heavy atom. The number of phenolic OH excluding ortho intramolecular Hbond substituents is 3. The number of carbonyl (C=O) groups is 1. The van der Waals surface area contributed by atoms with Crippen molar-refractivity contribution in [1.29, 1.82) is 0 Å². The fourth-order valence-corrected chi connectivity index (χ4v) is 2.18. The molecule has 0 saturated carbocycles. The lowest BCUT2D eigenvalue weighted by atomic mass is 10.0. The molecule has 3 N–H and O–H groups in total. The summed E-state index contributed by atoms with van der Waals surface area (Å²) in [6, 6.07) is 9.63. The zero-order valence-electron chi connectivity index (χ0n) is 10.5. The van der Waals surface area contributed by atoms with Gasteiger partial charge in [-0.3, -0.25) is 4.79 Å². The predicted molar refractivity (Wildman–Crippen MR) is 78.2 cm³/mol. The average Bonchev–Trinajstić information content (AvgIpc) is 2.37. The number of carbonyl (C=O) groups excluding carboxylic acids is 1. The zero-order valence-corrected chi connectivity index (χ0v) is 12.1. The van der Waals surface area contributed by atoms with E-state index in [2.05, 4.69) is 15.9 Å². The van der Waals surface area contributed by atoms with Crippen molar-refractivity contribution in [3.8, 4) is 17.2 Å². The summed E-state index contributed by atoms with van der Waals surface area (Å²) in [5.41, 5.74) is 0.833. The fraction of sp³-hybridized carbons (Fsp3) is 0.133. The lowest BCUT2D eigenvalue weighted by molar-refractivity contribution is 0.0977. The third-order valence-corrected chi connectivity index (χ3v) is 3.44. The van der Waals surface area contributed by atoms with Crippen molar-refractivity contribution in [3.05, 3.63) is 52.0 Å². The molecule has 2 aromatic carbocycles. The summed E-state index contributed by atoms with van der Waals surface area (Å²) in [5, 5.41) is 28.5. The summed E-state index contributed by atoms with van der Waals surface area (Å²) in [6.07, 6.45) is 0.666. The van der Waals surface area contributed by atoms with Crippen LogP contribution in [0.5, 0.6) is 17.2 Å². The molecule has 104 valence electrons. The Hall–Kier alpha value is -2.01. The minimum Gasteiger partial charge on any atom is -0.508 e. The van der Waals surface area contributed by atoms with Gasteiger partial charge in [0, 0.05) is 23.0 Å². The average molecular weight is 337 g/mol. The van der Waals surface area contributed by atoms with Gasteiger partial charge in [0.1, 0.15) is 22.8 Å². The first-order valence-corrected chi connectivity index (χ1v) is 6.79. The maximum absolute atomic E-state index is 12.0. The molecule has 2 rings (SSSR count). The third kappa shape index (κ3) is 3.30. The van der Waals surface area contributed by atoms with Gasteiger partial charge in [0.2, 0.25) is 0 Å². The Morgan fingerprint density at radius 3 is 2.10 bits per heavy atom. The van der Waals surface area contributed by atoms with Gasteiger partial charge < -0.3 is 15.3 Å². The molecule has 0 amide bonds. The second-order valence-electron chi connectivity index (χ2n) is 4.41. The van der Waals surface area contributed by atoms with E-state index in [1.165, 1.54) is 0 Å². The van der Waals surface area contributed by atoms with E-state index in [0.717, 1.165) is 22.2 Å². The topological polar surface area (TPSA) is 77.8 Å². The van der Waals surface area contributed by atoms with Crippen molar-refractivity contribution in [2.24, 2.45) is 0 Å². The number of halogens is 1. The van der Waals surface area contributed by atoms with Crippen LogP contribution in [0.3, 0.4) is 0 Å². The molecule has 0 aliphatic rings. The van der Waals surface area contributed by atoms with Crippen LogP contribution in [-0.2, 0) is 6.42 Å². The normalized spacial score (nSPS) is 10.4. The van der Waals surface area contributed by atoms with Crippen LogP contribution in [0.2, 0.25) is 0 Å². The molecule has 0 aromatic heterocycles. The summed E-state index contributed by atoms with van der Waals surface area (Å²) in [4.78, 5) is 12.0. The van der Waals surface area contributed by atoms with E-state index in [0.29, 0.717) is 6.42 Å². The second kappa shape index (κ2) is 5.96. The van der Waals surface area contributed by atoms with Crippen molar-refractivity contribution in [2.45, 2.75) is 12.8 Å². The molecule has 0 heterocycles. The van der Waals surface area contributed by atoms with E-state index in [1.807, 2.05) is 24.3 Å². The van der Waals surface area contributed by atoms with E-state index >= 15 is 0 Å². The monoisotopic (exact) mass is 336 g/mol. The number of hydrogen-bond acceptors (Lipinski definition) is 4. The molecule has 0 radical (unpaired) electrons. The minimum atomic E-state index is -0.414. The lowest BCUT2D eigenvalue weighted by Crippen LogP contribution is -2.02. The molecule has 0 saturated heterocycles. The number of benzene rings is 2. The summed E-state index contributed by atoms with van der Waals surface area (Å²) >= 11 is 3.33. The van der Waals surface area contributed by atoms with Gasteiger partial charge in [0.05, 0.1) is 0 Å². The standard InChI is InChI=1S/C15H13BrO4/c16-10-4-1-9(2-5-10)3-6-12(18)15-13(19)7-11(17)8-14(15)20/h1-2,4-5,7-8,17,19-20H,3,6H2. The van der Waals surface area contributed by atoms with E-state index in [-0.39, 0.29) is 23.5 Å². The Morgan fingerprint density at radius 1 is 1.00 bits per heavy atom. The SMILES string of the molecule is O=C(CCc1ccc(Br)cc1)c1c(O)cc(O)cc1O. The Kier molecular flexibility index (Phi) is 4.29. The van der Waals surface area contributed by atoms with E-state index in [4.69, 9.17) is 0 Å². The molecule has 0 atom stereocenters. The van der Waals surface area contributed by atoms with Crippen molar-refractivity contribution in [1.82, 2.24) is 0 Å². The Labute approximate surface area is 124 Å². The highest BCUT2D eigenvalue weighted by Crippen LogP contribution is 2.33. The highest BCUT2D eigenvalue weighted by Gasteiger charge is 2.17. The van der Waals surface area contributed by atoms with Crippen molar-refractivity contribution in [2.75, 3.05) is 0 Å². The summed E-state index contributed by atoms with van der Waals surface area (Å²) in [6.45, 7) is 0. The van der Waals surface area contributed by atoms with Crippen LogP contribution in [0.25, 0.3) is 0 Å². The van der Waals surface area contributed by atoms with Gasteiger partial charge in [-0.25, -0.2) is 0 Å². The van der Waals surface area contributed by atoms with Gasteiger partial charge in [0.25, 0.3) is 0 Å². The van der Waals surface area contributed by atoms with Gasteiger partial charge >= 0.3 is 0 Å². The van der Waals surface area contributed by atoms with Crippen molar-refractivity contribution < 1.29 is 20.1 Å². The maximum Gasteiger partial charge on any atom is 0.170 e. The molecular formula is C15H13BrO4. The number of aromatic hydroxyl groups is 3. The first-order valence-electron chi connectivity index (χ1n) is 6.00. The van der Waals surface area contributed by atoms with Crippen LogP contribution < -0.4 is 0 Å². The Bertz CT molecular complexity index is 612. The van der Waals surface area contributed by atoms with E-state index in [9.17, 15) is 20.1 Å². The first-order chi connectivity index (χ1) is 9.47. The van der Waals surface area contributed by atoms with Gasteiger partial charge in [-0.2, -0.15) is 0 Å². The quantitative estimate of drug-likeness (QED) is 0.748. The van der Waals surface area contributed by atoms with Crippen LogP contribution in [0.15, 0.2) is 40.9 Å². The van der Waals surface area contributed by atoms with Crippen LogP contribution in [-0.4, -0.2) is 21.1 Å². The molecule has 0 fully saturated rings. The summed E-state index contributed by atoms with van der Waals surface area (Å²) < 4.78 is 0.960. The first kappa shape index (κ1) is 14.4. The van der Waals surface area contributed by atoms with Gasteiger partial charge in [0.15, 0.2) is 5.78 Å². The number of Topliss-reactive ketones (excluding diaryl/α,β-unsaturated/α-hetero) is 1. The molecule has 0 aliphatic heterocycles. The Balaban J connectivity index is 2.11. The predicted octanol–water partition coefficient (Wildman–Crippen LogP) is 3.38. The van der Waals surface area contributed by atoms with Crippen molar-refractivity contribution in [3.63, 3.8) is 0 Å². The summed E-state index contributed by atoms with van der Waals surface area (Å²) in [5.74, 6) is -1.49. The highest BCUT2D eigenvalue weighted by atomic mass is 79.9. The van der Waals surface area contributed by atoms with Crippen LogP contribution in [0, 0.1) is 0 Å². The zero-order chi connectivity index (χ0) is 14.7. The maximum atomic E-state index is 12.0. The number of ketones is 1. The number of phenols is 3. The van der Waals surface area contributed by atoms with Gasteiger partial charge in [-0.05, 0) is 24.1 Å². The number of hydrogen-bond donors (Lipinski definition) is 3. The molecule has 0 bridgehead atoms. The lowest BCUT2D eigenvalue weighted by Gasteiger charge is -2.07. The second-order valence-corrected chi connectivity index (χ2v) is 5.32. The van der Waals surface area contributed by atoms with Crippen LogP contribution in [0.1, 0.15) is 22.3 Å². The smallest absolute Gasteiger partial charge is 0.170 e. The van der Waals surface area contributed by atoms with Crippen molar-refractivity contribution >= 4 is 21.7 Å². The van der Waals surface area contributed by atoms with Crippen LogP contribution >= 0.6 is 15.9 Å². The molecule has 0 aliphatic carbocycles. The molecule has 2 aromatic rings. The van der Waals surface area contributed by atoms with Crippen LogP contribution in [0.4, 0.5) is 0 Å². The minimum absolute atomic E-state index is 0.153. The van der Waals surface area contributed by atoms with E-state index < -0.39 is 11.5 Å². The molecular weight excluding hydrogens is 324 g/mol. The molecule has 4 nitrogen and oxygen atoms in total. The number of rotatable bonds is 4. The number of aryl methyl sites for hydroxylation is 1. The molecule has 5 heteroatoms. The third-order valence-electron chi connectivity index (χ3n) is 2.91. The molecule has 0 spiro atoms. The fourth-order valence-electron chi connectivity index (χ4n) is 1.92.